The van der Waals surface area contributed by atoms with Crippen LogP contribution in [0.15, 0.2) is 89.0 Å². The summed E-state index contributed by atoms with van der Waals surface area (Å²) in [6, 6.07) is 26.7. The van der Waals surface area contributed by atoms with Gasteiger partial charge in [-0.25, -0.2) is 4.98 Å². The Morgan fingerprint density at radius 1 is 0.839 bits per heavy atom. The predicted molar refractivity (Wildman–Crippen MR) is 129 cm³/mol. The van der Waals surface area contributed by atoms with Gasteiger partial charge in [-0.05, 0) is 36.1 Å². The second kappa shape index (κ2) is 7.97. The second-order valence-electron chi connectivity index (χ2n) is 7.85. The van der Waals surface area contributed by atoms with Crippen molar-refractivity contribution >= 4 is 21.6 Å². The van der Waals surface area contributed by atoms with Crippen molar-refractivity contribution in [2.75, 3.05) is 0 Å². The summed E-state index contributed by atoms with van der Waals surface area (Å²) < 4.78 is 0. The lowest BCUT2D eigenvalue weighted by atomic mass is 9.90. The van der Waals surface area contributed by atoms with Gasteiger partial charge in [-0.3, -0.25) is 4.79 Å². The molecule has 0 aliphatic heterocycles. The molecule has 0 radical (unpaired) electrons. The normalized spacial score (nSPS) is 11.3. The van der Waals surface area contributed by atoms with Crippen LogP contribution in [0.4, 0.5) is 0 Å². The van der Waals surface area contributed by atoms with Crippen LogP contribution in [0.25, 0.3) is 21.3 Å². The Morgan fingerprint density at radius 3 is 2.10 bits per heavy atom. The molecule has 0 aliphatic carbocycles. The van der Waals surface area contributed by atoms with Crippen molar-refractivity contribution in [3.05, 3.63) is 123 Å². The van der Waals surface area contributed by atoms with E-state index >= 15 is 0 Å². The average Bonchev–Trinajstić information content (AvgIpc) is 3.20. The Morgan fingerprint density at radius 2 is 1.48 bits per heavy atom. The van der Waals surface area contributed by atoms with E-state index in [9.17, 15) is 4.79 Å². The Labute approximate surface area is 185 Å². The number of hydrogen-bond acceptors (Lipinski definition) is 3. The largest absolute Gasteiger partial charge is 0.309 e. The highest BCUT2D eigenvalue weighted by Gasteiger charge is 2.22. The quantitative estimate of drug-likeness (QED) is 0.362. The number of fused-ring (bicyclic) bond motifs is 1. The molecular weight excluding hydrogens is 400 g/mol. The van der Waals surface area contributed by atoms with Crippen LogP contribution >= 0.6 is 11.3 Å². The fourth-order valence-electron chi connectivity index (χ4n) is 4.22. The smallest absolute Gasteiger partial charge is 0.260 e. The highest BCUT2D eigenvalue weighted by atomic mass is 32.1. The number of benzene rings is 3. The van der Waals surface area contributed by atoms with Gasteiger partial charge in [-0.2, -0.15) is 0 Å². The van der Waals surface area contributed by atoms with Gasteiger partial charge in [0, 0.05) is 10.9 Å². The van der Waals surface area contributed by atoms with E-state index in [1.54, 1.807) is 0 Å². The fourth-order valence-corrected chi connectivity index (χ4v) is 5.16. The molecule has 3 aromatic carbocycles. The van der Waals surface area contributed by atoms with E-state index in [2.05, 4.69) is 61.3 Å². The van der Waals surface area contributed by atoms with E-state index in [4.69, 9.17) is 4.98 Å². The van der Waals surface area contributed by atoms with Crippen molar-refractivity contribution in [2.45, 2.75) is 19.8 Å². The minimum Gasteiger partial charge on any atom is -0.309 e. The van der Waals surface area contributed by atoms with Crippen LogP contribution in [0.5, 0.6) is 0 Å². The summed E-state index contributed by atoms with van der Waals surface area (Å²) >= 11 is 1.53. The molecule has 1 N–H and O–H groups in total. The van der Waals surface area contributed by atoms with E-state index in [0.717, 1.165) is 32.6 Å². The van der Waals surface area contributed by atoms with E-state index in [1.165, 1.54) is 16.9 Å². The van der Waals surface area contributed by atoms with E-state index in [0.29, 0.717) is 11.2 Å². The number of thiophene rings is 1. The number of H-pyrrole nitrogens is 1. The van der Waals surface area contributed by atoms with Crippen LogP contribution in [-0.2, 0) is 0 Å². The van der Waals surface area contributed by atoms with Gasteiger partial charge >= 0.3 is 0 Å². The molecule has 152 valence electrons. The lowest BCUT2D eigenvalue weighted by Crippen LogP contribution is -2.16. The standard InChI is InChI=1S/C27H22N2OS/c1-17-13-14-21(18(2)15-17)22-16-31-27-24(22)26(30)28-25(29-27)23(19-9-5-3-6-10-19)20-11-7-4-8-12-20/h3-16,23H,1-2H3,(H,28,29,30). The number of aromatic amines is 1. The van der Waals surface area contributed by atoms with Crippen molar-refractivity contribution < 1.29 is 0 Å². The molecule has 0 atom stereocenters. The third-order valence-electron chi connectivity index (χ3n) is 5.67. The zero-order chi connectivity index (χ0) is 21.4. The molecule has 0 aliphatic rings. The number of nitrogens with zero attached hydrogens (tertiary/aromatic N) is 1. The third kappa shape index (κ3) is 3.60. The van der Waals surface area contributed by atoms with Gasteiger partial charge in [0.1, 0.15) is 10.7 Å². The average molecular weight is 423 g/mol. The first kappa shape index (κ1) is 19.5. The Bertz CT molecular complexity index is 1380. The van der Waals surface area contributed by atoms with Crippen molar-refractivity contribution in [3.8, 4) is 11.1 Å². The van der Waals surface area contributed by atoms with Gasteiger partial charge in [-0.15, -0.1) is 11.3 Å². The molecule has 5 rings (SSSR count). The van der Waals surface area contributed by atoms with Crippen molar-refractivity contribution in [1.29, 1.82) is 0 Å². The maximum absolute atomic E-state index is 13.3. The van der Waals surface area contributed by atoms with Crippen molar-refractivity contribution in [2.24, 2.45) is 0 Å². The van der Waals surface area contributed by atoms with E-state index < -0.39 is 0 Å². The van der Waals surface area contributed by atoms with Gasteiger partial charge in [0.05, 0.1) is 11.3 Å². The Balaban J connectivity index is 1.70. The van der Waals surface area contributed by atoms with Crippen molar-refractivity contribution in [1.82, 2.24) is 9.97 Å². The molecule has 3 nitrogen and oxygen atoms in total. The van der Waals surface area contributed by atoms with Crippen LogP contribution in [0.1, 0.15) is 34.0 Å². The summed E-state index contributed by atoms with van der Waals surface area (Å²) in [6.07, 6.45) is 0. The first-order chi connectivity index (χ1) is 15.1. The first-order valence-electron chi connectivity index (χ1n) is 10.3. The Kier molecular flexibility index (Phi) is 5.00. The molecule has 0 fully saturated rings. The number of aromatic nitrogens is 2. The number of rotatable bonds is 4. The van der Waals surface area contributed by atoms with Crippen molar-refractivity contribution in [3.63, 3.8) is 0 Å². The topological polar surface area (TPSA) is 45.8 Å². The molecule has 0 saturated heterocycles. The van der Waals surface area contributed by atoms with Crippen LogP contribution in [0.3, 0.4) is 0 Å². The van der Waals surface area contributed by atoms with E-state index in [-0.39, 0.29) is 11.5 Å². The molecule has 2 heterocycles. The highest BCUT2D eigenvalue weighted by molar-refractivity contribution is 7.17. The molecule has 0 unspecified atom stereocenters. The van der Waals surface area contributed by atoms with Crippen LogP contribution in [0.2, 0.25) is 0 Å². The summed E-state index contributed by atoms with van der Waals surface area (Å²) in [7, 11) is 0. The van der Waals surface area contributed by atoms with Gasteiger partial charge in [-0.1, -0.05) is 84.4 Å². The lowest BCUT2D eigenvalue weighted by molar-refractivity contribution is 0.860. The molecule has 2 aromatic heterocycles. The first-order valence-corrected chi connectivity index (χ1v) is 11.2. The second-order valence-corrected chi connectivity index (χ2v) is 8.71. The summed E-state index contributed by atoms with van der Waals surface area (Å²) in [4.78, 5) is 22.1. The third-order valence-corrected chi connectivity index (χ3v) is 6.55. The zero-order valence-corrected chi connectivity index (χ0v) is 18.2. The molecule has 0 amide bonds. The summed E-state index contributed by atoms with van der Waals surface area (Å²) in [6.45, 7) is 4.17. The zero-order valence-electron chi connectivity index (χ0n) is 17.4. The maximum atomic E-state index is 13.3. The summed E-state index contributed by atoms with van der Waals surface area (Å²) in [5.41, 5.74) is 6.52. The molecule has 0 saturated carbocycles. The van der Waals surface area contributed by atoms with Crippen LogP contribution in [-0.4, -0.2) is 9.97 Å². The summed E-state index contributed by atoms with van der Waals surface area (Å²) in [5.74, 6) is 0.537. The molecule has 5 aromatic rings. The molecule has 4 heteroatoms. The minimum absolute atomic E-state index is 0.0897. The lowest BCUT2D eigenvalue weighted by Gasteiger charge is -2.17. The van der Waals surface area contributed by atoms with E-state index in [1.807, 2.05) is 41.8 Å². The van der Waals surface area contributed by atoms with Gasteiger partial charge in [0.15, 0.2) is 0 Å². The fraction of sp³-hybridized carbons (Fsp3) is 0.111. The Hall–Kier alpha value is -3.50. The van der Waals surface area contributed by atoms with Gasteiger partial charge in [0.25, 0.3) is 5.56 Å². The van der Waals surface area contributed by atoms with Gasteiger partial charge in [0.2, 0.25) is 0 Å². The number of aryl methyl sites for hydroxylation is 2. The SMILES string of the molecule is Cc1ccc(-c2csc3nc(C(c4ccccc4)c4ccccc4)[nH]c(=O)c23)c(C)c1. The number of hydrogen-bond donors (Lipinski definition) is 1. The highest BCUT2D eigenvalue weighted by Crippen LogP contribution is 2.35. The maximum Gasteiger partial charge on any atom is 0.260 e. The van der Waals surface area contributed by atoms with Gasteiger partial charge < -0.3 is 4.98 Å². The molecule has 0 bridgehead atoms. The summed E-state index contributed by atoms with van der Waals surface area (Å²) in [5, 5.41) is 2.72. The minimum atomic E-state index is -0.133. The predicted octanol–water partition coefficient (Wildman–Crippen LogP) is 6.45. The van der Waals surface area contributed by atoms with Crippen LogP contribution < -0.4 is 5.56 Å². The molecule has 0 spiro atoms. The number of nitrogens with one attached hydrogen (secondary N) is 1. The monoisotopic (exact) mass is 422 g/mol. The molecular formula is C27H22N2OS. The molecule has 31 heavy (non-hydrogen) atoms. The van der Waals surface area contributed by atoms with Crippen LogP contribution in [0, 0.1) is 13.8 Å².